The molecule has 0 heterocycles. The van der Waals surface area contributed by atoms with E-state index >= 15 is 0 Å². The third-order valence-electron chi connectivity index (χ3n) is 1.47. The van der Waals surface area contributed by atoms with Crippen LogP contribution in [-0.2, 0) is 0 Å². The predicted octanol–water partition coefficient (Wildman–Crippen LogP) is 0.369. The van der Waals surface area contributed by atoms with Gasteiger partial charge in [-0.15, -0.1) is 17.0 Å². The summed E-state index contributed by atoms with van der Waals surface area (Å²) < 4.78 is 0. The Bertz CT molecular complexity index is 57.0. The number of hydrogen-bond acceptors (Lipinski definition) is 3. The van der Waals surface area contributed by atoms with Crippen LogP contribution in [0.2, 0.25) is 0 Å². The minimum absolute atomic E-state index is 0. The highest BCUT2D eigenvalue weighted by Gasteiger charge is 1.94. The molecule has 0 rings (SSSR count). The Kier molecular flexibility index (Phi) is 12.2. The van der Waals surface area contributed by atoms with E-state index in [1.54, 1.807) is 0 Å². The summed E-state index contributed by atoms with van der Waals surface area (Å²) in [7, 11) is 0. The molecule has 0 radical (unpaired) electrons. The maximum Gasteiger partial charge on any atom is 0.0225 e. The summed E-state index contributed by atoms with van der Waals surface area (Å²) in [6.45, 7) is 8.45. The first-order valence-corrected chi connectivity index (χ1v) is 3.51. The fourth-order valence-electron chi connectivity index (χ4n) is 0.762. The van der Waals surface area contributed by atoms with Crippen LogP contribution in [0, 0.1) is 0 Å². The van der Waals surface area contributed by atoms with Crippen LogP contribution in [0.25, 0.3) is 0 Å². The molecule has 3 nitrogen and oxygen atoms in total. The largest absolute Gasteiger partial charge is 0.303 e. The molecule has 0 fully saturated rings. The zero-order valence-corrected chi connectivity index (χ0v) is 8.47. The van der Waals surface area contributed by atoms with Crippen molar-refractivity contribution >= 4 is 17.0 Å². The first-order valence-electron chi connectivity index (χ1n) is 3.51. The van der Waals surface area contributed by atoms with Crippen LogP contribution in [0.1, 0.15) is 13.8 Å². The first kappa shape index (κ1) is 13.0. The number of halogens is 1. The van der Waals surface area contributed by atoms with Crippen LogP contribution in [0.5, 0.6) is 0 Å². The third kappa shape index (κ3) is 6.48. The van der Waals surface area contributed by atoms with E-state index in [1.165, 1.54) is 0 Å². The zero-order chi connectivity index (χ0) is 7.11. The molecule has 4 heteroatoms. The molecule has 10 heavy (non-hydrogen) atoms. The van der Waals surface area contributed by atoms with Crippen LogP contribution in [0.15, 0.2) is 0 Å². The molecule has 0 spiro atoms. The summed E-state index contributed by atoms with van der Waals surface area (Å²) >= 11 is 0. The van der Waals surface area contributed by atoms with E-state index in [-0.39, 0.29) is 17.0 Å². The van der Waals surface area contributed by atoms with E-state index < -0.39 is 0 Å². The maximum atomic E-state index is 5.11. The molecule has 0 aliphatic carbocycles. The first-order chi connectivity index (χ1) is 4.35. The van der Waals surface area contributed by atoms with Gasteiger partial charge >= 0.3 is 0 Å². The van der Waals surface area contributed by atoms with Crippen LogP contribution < -0.4 is 11.3 Å². The quantitative estimate of drug-likeness (QED) is 0.511. The molecule has 0 saturated carbocycles. The van der Waals surface area contributed by atoms with Crippen LogP contribution in [0.3, 0.4) is 0 Å². The Morgan fingerprint density at radius 3 is 2.10 bits per heavy atom. The number of nitrogens with one attached hydrogen (secondary N) is 1. The average Bonchev–Trinajstić information content (AvgIpc) is 1.91. The van der Waals surface area contributed by atoms with Crippen molar-refractivity contribution in [3.63, 3.8) is 0 Å². The van der Waals surface area contributed by atoms with E-state index in [1.807, 2.05) is 0 Å². The number of nitrogens with zero attached hydrogens (tertiary/aromatic N) is 1. The molecular formula is C6H18BrN3. The molecule has 64 valence electrons. The fraction of sp³-hybridized carbons (Fsp3) is 1.00. The molecule has 0 aromatic rings. The second kappa shape index (κ2) is 9.36. The molecule has 0 amide bonds. The minimum atomic E-state index is 0. The van der Waals surface area contributed by atoms with Gasteiger partial charge in [0.15, 0.2) is 0 Å². The van der Waals surface area contributed by atoms with Gasteiger partial charge in [0.1, 0.15) is 0 Å². The van der Waals surface area contributed by atoms with Crippen LogP contribution in [0.4, 0.5) is 0 Å². The third-order valence-corrected chi connectivity index (χ3v) is 1.47. The molecule has 0 aliphatic rings. The van der Waals surface area contributed by atoms with Crippen molar-refractivity contribution in [3.8, 4) is 0 Å². The minimum Gasteiger partial charge on any atom is -0.303 e. The monoisotopic (exact) mass is 211 g/mol. The maximum absolute atomic E-state index is 5.11. The number of hydrogen-bond donors (Lipinski definition) is 2. The highest BCUT2D eigenvalue weighted by molar-refractivity contribution is 8.93. The molecule has 0 aromatic heterocycles. The van der Waals surface area contributed by atoms with Gasteiger partial charge in [-0.3, -0.25) is 11.3 Å². The highest BCUT2D eigenvalue weighted by Crippen LogP contribution is 1.82. The van der Waals surface area contributed by atoms with Gasteiger partial charge in [0, 0.05) is 13.1 Å². The fourth-order valence-corrected chi connectivity index (χ4v) is 0.762. The SMILES string of the molecule is Br.CCN(CC)CCNN. The zero-order valence-electron chi connectivity index (χ0n) is 6.76. The Balaban J connectivity index is 0. The van der Waals surface area contributed by atoms with Gasteiger partial charge in [0.25, 0.3) is 0 Å². The Morgan fingerprint density at radius 1 is 1.30 bits per heavy atom. The standard InChI is InChI=1S/C6H17N3.BrH/c1-3-9(4-2)6-5-8-7;/h8H,3-7H2,1-2H3;1H. The van der Waals surface area contributed by atoms with E-state index in [0.29, 0.717) is 0 Å². The second-order valence-corrected chi connectivity index (χ2v) is 1.98. The molecule has 0 atom stereocenters. The van der Waals surface area contributed by atoms with Crippen molar-refractivity contribution in [2.75, 3.05) is 26.2 Å². The Morgan fingerprint density at radius 2 is 1.80 bits per heavy atom. The normalized spacial score (nSPS) is 9.60. The van der Waals surface area contributed by atoms with Crippen LogP contribution >= 0.6 is 17.0 Å². The highest BCUT2D eigenvalue weighted by atomic mass is 79.9. The summed E-state index contributed by atoms with van der Waals surface area (Å²) in [5.74, 6) is 5.11. The molecule has 0 saturated heterocycles. The van der Waals surface area contributed by atoms with Gasteiger partial charge < -0.3 is 4.90 Å². The molecule has 0 bridgehead atoms. The van der Waals surface area contributed by atoms with Crippen molar-refractivity contribution in [2.24, 2.45) is 5.84 Å². The summed E-state index contributed by atoms with van der Waals surface area (Å²) in [6.07, 6.45) is 0. The van der Waals surface area contributed by atoms with Gasteiger partial charge in [-0.05, 0) is 13.1 Å². The Labute approximate surface area is 73.7 Å². The number of rotatable bonds is 5. The molecule has 3 N–H and O–H groups in total. The lowest BCUT2D eigenvalue weighted by Crippen LogP contribution is -2.34. The van der Waals surface area contributed by atoms with Gasteiger partial charge in [-0.25, -0.2) is 0 Å². The summed E-state index contributed by atoms with van der Waals surface area (Å²) in [5.41, 5.74) is 2.63. The van der Waals surface area contributed by atoms with E-state index in [9.17, 15) is 0 Å². The van der Waals surface area contributed by atoms with Crippen molar-refractivity contribution in [1.82, 2.24) is 10.3 Å². The molecule has 0 aliphatic heterocycles. The topological polar surface area (TPSA) is 41.3 Å². The van der Waals surface area contributed by atoms with Crippen LogP contribution in [-0.4, -0.2) is 31.1 Å². The summed E-state index contributed by atoms with van der Waals surface area (Å²) in [6, 6.07) is 0. The predicted molar refractivity (Wildman–Crippen MR) is 50.3 cm³/mol. The van der Waals surface area contributed by atoms with Gasteiger partial charge in [0.2, 0.25) is 0 Å². The Hall–Kier alpha value is 0.360. The van der Waals surface area contributed by atoms with Gasteiger partial charge in [0.05, 0.1) is 0 Å². The smallest absolute Gasteiger partial charge is 0.0225 e. The number of likely N-dealkylation sites (N-methyl/N-ethyl adjacent to an activating group) is 1. The van der Waals surface area contributed by atoms with Gasteiger partial charge in [-0.2, -0.15) is 0 Å². The molecule has 0 unspecified atom stereocenters. The lowest BCUT2D eigenvalue weighted by atomic mass is 10.5. The van der Waals surface area contributed by atoms with Crippen molar-refractivity contribution in [3.05, 3.63) is 0 Å². The molecular weight excluding hydrogens is 194 g/mol. The summed E-state index contributed by atoms with van der Waals surface area (Å²) in [5, 5.41) is 0. The number of nitrogens with two attached hydrogens (primary N) is 1. The molecule has 0 aromatic carbocycles. The van der Waals surface area contributed by atoms with E-state index in [2.05, 4.69) is 24.2 Å². The van der Waals surface area contributed by atoms with E-state index in [4.69, 9.17) is 5.84 Å². The lowest BCUT2D eigenvalue weighted by Gasteiger charge is -2.16. The van der Waals surface area contributed by atoms with Crippen molar-refractivity contribution in [1.29, 1.82) is 0 Å². The van der Waals surface area contributed by atoms with Crippen molar-refractivity contribution < 1.29 is 0 Å². The van der Waals surface area contributed by atoms with Crippen molar-refractivity contribution in [2.45, 2.75) is 13.8 Å². The second-order valence-electron chi connectivity index (χ2n) is 1.98. The average molecular weight is 212 g/mol. The lowest BCUT2D eigenvalue weighted by molar-refractivity contribution is 0.303. The summed E-state index contributed by atoms with van der Waals surface area (Å²) in [4.78, 5) is 2.32. The number of hydrazine groups is 1. The van der Waals surface area contributed by atoms with Gasteiger partial charge in [-0.1, -0.05) is 13.8 Å². The van der Waals surface area contributed by atoms with E-state index in [0.717, 1.165) is 26.2 Å².